The second-order valence-electron chi connectivity index (χ2n) is 3.89. The van der Waals surface area contributed by atoms with Crippen LogP contribution in [-0.2, 0) is 0 Å². The molecule has 0 aliphatic heterocycles. The maximum absolute atomic E-state index is 10.1. The van der Waals surface area contributed by atoms with E-state index in [4.69, 9.17) is 9.47 Å². The molecule has 0 aliphatic carbocycles. The summed E-state index contributed by atoms with van der Waals surface area (Å²) in [4.78, 5) is 0. The van der Waals surface area contributed by atoms with Gasteiger partial charge in [-0.05, 0) is 34.0 Å². The molecule has 0 aliphatic rings. The Hall–Kier alpha value is -0.740. The molecule has 0 spiro atoms. The lowest BCUT2D eigenvalue weighted by molar-refractivity contribution is 0.123. The Morgan fingerprint density at radius 3 is 2.25 bits per heavy atom. The Morgan fingerprint density at radius 2 is 1.81 bits per heavy atom. The fraction of sp³-hybridized carbons (Fsp3) is 0.500. The smallest absolute Gasteiger partial charge is 0.142 e. The Morgan fingerprint density at radius 1 is 1.19 bits per heavy atom. The first-order valence-corrected chi connectivity index (χ1v) is 5.90. The monoisotopic (exact) mass is 288 g/mol. The number of methoxy groups -OCH3 is 2. The number of rotatable bonds is 4. The van der Waals surface area contributed by atoms with E-state index in [1.807, 2.05) is 26.0 Å². The van der Waals surface area contributed by atoms with Crippen molar-refractivity contribution in [2.75, 3.05) is 14.2 Å². The maximum atomic E-state index is 10.1. The lowest BCUT2D eigenvalue weighted by Gasteiger charge is -2.19. The van der Waals surface area contributed by atoms with Crippen LogP contribution in [0.3, 0.4) is 0 Å². The molecule has 0 aromatic heterocycles. The molecule has 3 nitrogen and oxygen atoms in total. The standard InChI is InChI=1S/C12H17BrO3/c1-7(2)11(14)8-5-6-9(15-3)10(13)12(8)16-4/h5-7,11,14H,1-4H3. The third-order valence-electron chi connectivity index (χ3n) is 2.47. The van der Waals surface area contributed by atoms with E-state index in [0.717, 1.165) is 10.0 Å². The average molecular weight is 289 g/mol. The van der Waals surface area contributed by atoms with Gasteiger partial charge in [0.15, 0.2) is 0 Å². The summed E-state index contributed by atoms with van der Waals surface area (Å²) in [5, 5.41) is 10.1. The van der Waals surface area contributed by atoms with Gasteiger partial charge in [-0.15, -0.1) is 0 Å². The molecule has 1 aromatic carbocycles. The van der Waals surface area contributed by atoms with E-state index >= 15 is 0 Å². The summed E-state index contributed by atoms with van der Waals surface area (Å²) in [5.41, 5.74) is 0.769. The molecule has 4 heteroatoms. The predicted octanol–water partition coefficient (Wildman–Crippen LogP) is 3.16. The van der Waals surface area contributed by atoms with Crippen LogP contribution in [0, 0.1) is 5.92 Å². The van der Waals surface area contributed by atoms with E-state index in [1.165, 1.54) is 0 Å². The Kier molecular flexibility index (Phi) is 4.62. The highest BCUT2D eigenvalue weighted by Crippen LogP contribution is 2.41. The second-order valence-corrected chi connectivity index (χ2v) is 4.69. The summed E-state index contributed by atoms with van der Waals surface area (Å²) in [7, 11) is 3.17. The second kappa shape index (κ2) is 5.55. The lowest BCUT2D eigenvalue weighted by Crippen LogP contribution is -2.08. The molecule has 90 valence electrons. The van der Waals surface area contributed by atoms with Crippen molar-refractivity contribution in [2.24, 2.45) is 5.92 Å². The third-order valence-corrected chi connectivity index (χ3v) is 3.22. The number of halogens is 1. The van der Waals surface area contributed by atoms with Crippen LogP contribution in [-0.4, -0.2) is 19.3 Å². The Labute approximate surface area is 105 Å². The van der Waals surface area contributed by atoms with E-state index in [1.54, 1.807) is 14.2 Å². The van der Waals surface area contributed by atoms with Gasteiger partial charge >= 0.3 is 0 Å². The van der Waals surface area contributed by atoms with Gasteiger partial charge in [-0.1, -0.05) is 13.8 Å². The van der Waals surface area contributed by atoms with Crippen LogP contribution in [0.25, 0.3) is 0 Å². The zero-order valence-electron chi connectivity index (χ0n) is 9.95. The average Bonchev–Trinajstić information content (AvgIpc) is 2.27. The number of ether oxygens (including phenoxy) is 2. The van der Waals surface area contributed by atoms with Crippen LogP contribution in [0.1, 0.15) is 25.5 Å². The quantitative estimate of drug-likeness (QED) is 0.925. The minimum atomic E-state index is -0.544. The molecule has 16 heavy (non-hydrogen) atoms. The minimum absolute atomic E-state index is 0.134. The summed E-state index contributed by atoms with van der Waals surface area (Å²) in [6.07, 6.45) is -0.544. The highest BCUT2D eigenvalue weighted by atomic mass is 79.9. The van der Waals surface area contributed by atoms with E-state index in [-0.39, 0.29) is 5.92 Å². The van der Waals surface area contributed by atoms with E-state index in [2.05, 4.69) is 15.9 Å². The third kappa shape index (κ3) is 2.50. The fourth-order valence-corrected chi connectivity index (χ4v) is 2.19. The van der Waals surface area contributed by atoms with Gasteiger partial charge in [-0.2, -0.15) is 0 Å². The predicted molar refractivity (Wildman–Crippen MR) is 67.0 cm³/mol. The molecule has 1 atom stereocenters. The van der Waals surface area contributed by atoms with Gasteiger partial charge in [0.05, 0.1) is 20.3 Å². The lowest BCUT2D eigenvalue weighted by atomic mass is 9.98. The Balaban J connectivity index is 3.25. The van der Waals surface area contributed by atoms with Crippen molar-refractivity contribution in [3.63, 3.8) is 0 Å². The molecule has 1 unspecified atom stereocenters. The van der Waals surface area contributed by atoms with Crippen molar-refractivity contribution >= 4 is 15.9 Å². The van der Waals surface area contributed by atoms with Crippen molar-refractivity contribution in [3.8, 4) is 11.5 Å². The number of benzene rings is 1. The van der Waals surface area contributed by atoms with Gasteiger partial charge in [0.1, 0.15) is 16.0 Å². The summed E-state index contributed by atoms with van der Waals surface area (Å²) < 4.78 is 11.2. The van der Waals surface area contributed by atoms with E-state index in [0.29, 0.717) is 11.5 Å². The van der Waals surface area contributed by atoms with Crippen molar-refractivity contribution in [3.05, 3.63) is 22.2 Å². The maximum Gasteiger partial charge on any atom is 0.142 e. The van der Waals surface area contributed by atoms with Gasteiger partial charge in [0.2, 0.25) is 0 Å². The van der Waals surface area contributed by atoms with Gasteiger partial charge in [0.25, 0.3) is 0 Å². The first-order chi connectivity index (χ1) is 7.52. The number of aliphatic hydroxyl groups is 1. The first-order valence-electron chi connectivity index (χ1n) is 5.11. The molecular formula is C12H17BrO3. The van der Waals surface area contributed by atoms with Crippen LogP contribution in [0.4, 0.5) is 0 Å². The van der Waals surface area contributed by atoms with E-state index < -0.39 is 6.10 Å². The van der Waals surface area contributed by atoms with Crippen molar-refractivity contribution in [2.45, 2.75) is 20.0 Å². The SMILES string of the molecule is COc1ccc(C(O)C(C)C)c(OC)c1Br. The highest BCUT2D eigenvalue weighted by molar-refractivity contribution is 9.10. The van der Waals surface area contributed by atoms with Crippen LogP contribution < -0.4 is 9.47 Å². The minimum Gasteiger partial charge on any atom is -0.495 e. The van der Waals surface area contributed by atoms with Gasteiger partial charge in [-0.3, -0.25) is 0 Å². The summed E-state index contributed by atoms with van der Waals surface area (Å²) in [6.45, 7) is 3.92. The van der Waals surface area contributed by atoms with Crippen LogP contribution in [0.2, 0.25) is 0 Å². The largest absolute Gasteiger partial charge is 0.495 e. The zero-order chi connectivity index (χ0) is 12.3. The summed E-state index contributed by atoms with van der Waals surface area (Å²) in [5.74, 6) is 1.45. The van der Waals surface area contributed by atoms with E-state index in [9.17, 15) is 5.11 Å². The molecule has 0 amide bonds. The number of hydrogen-bond acceptors (Lipinski definition) is 3. The summed E-state index contributed by atoms with van der Waals surface area (Å²) >= 11 is 3.41. The summed E-state index contributed by atoms with van der Waals surface area (Å²) in [6, 6.07) is 3.64. The highest BCUT2D eigenvalue weighted by Gasteiger charge is 2.20. The zero-order valence-corrected chi connectivity index (χ0v) is 11.5. The molecule has 0 heterocycles. The van der Waals surface area contributed by atoms with Gasteiger partial charge in [-0.25, -0.2) is 0 Å². The molecule has 0 saturated carbocycles. The molecular weight excluding hydrogens is 272 g/mol. The van der Waals surface area contributed by atoms with Crippen LogP contribution in [0.5, 0.6) is 11.5 Å². The van der Waals surface area contributed by atoms with Crippen molar-refractivity contribution < 1.29 is 14.6 Å². The molecule has 0 bridgehead atoms. The first kappa shape index (κ1) is 13.3. The van der Waals surface area contributed by atoms with Crippen LogP contribution >= 0.6 is 15.9 Å². The van der Waals surface area contributed by atoms with Gasteiger partial charge < -0.3 is 14.6 Å². The molecule has 0 saturated heterocycles. The molecule has 1 N–H and O–H groups in total. The molecule has 0 fully saturated rings. The molecule has 1 rings (SSSR count). The van der Waals surface area contributed by atoms with Crippen molar-refractivity contribution in [1.29, 1.82) is 0 Å². The number of aliphatic hydroxyl groups excluding tert-OH is 1. The fourth-order valence-electron chi connectivity index (χ4n) is 1.51. The molecule has 1 aromatic rings. The Bertz CT molecular complexity index is 364. The van der Waals surface area contributed by atoms with Gasteiger partial charge in [0, 0.05) is 5.56 Å². The molecule has 0 radical (unpaired) electrons. The number of hydrogen-bond donors (Lipinski definition) is 1. The normalized spacial score (nSPS) is 12.7. The van der Waals surface area contributed by atoms with Crippen molar-refractivity contribution in [1.82, 2.24) is 0 Å². The van der Waals surface area contributed by atoms with Crippen LogP contribution in [0.15, 0.2) is 16.6 Å². The topological polar surface area (TPSA) is 38.7 Å².